The lowest BCUT2D eigenvalue weighted by molar-refractivity contribution is -0.117. The molecule has 158 valence electrons. The van der Waals surface area contributed by atoms with Crippen molar-refractivity contribution in [2.75, 3.05) is 11.9 Å². The molecule has 8 nitrogen and oxygen atoms in total. The molecule has 1 aliphatic carbocycles. The summed E-state index contributed by atoms with van der Waals surface area (Å²) in [6.07, 6.45) is 1.71. The Hall–Kier alpha value is -3.64. The molecule has 2 heterocycles. The average Bonchev–Trinajstić information content (AvgIpc) is 3.46. The van der Waals surface area contributed by atoms with Crippen LogP contribution in [0.2, 0.25) is 0 Å². The average molecular weight is 436 g/mol. The predicted molar refractivity (Wildman–Crippen MR) is 117 cm³/mol. The van der Waals surface area contributed by atoms with E-state index in [1.807, 2.05) is 25.1 Å². The number of fused-ring (bicyclic) bond motifs is 1. The van der Waals surface area contributed by atoms with E-state index in [9.17, 15) is 20.0 Å². The number of hydrogen-bond donors (Lipinski definition) is 3. The zero-order valence-corrected chi connectivity index (χ0v) is 17.8. The number of carbonyl (C=O) groups is 2. The summed E-state index contributed by atoms with van der Waals surface area (Å²) in [7, 11) is 0. The Labute approximate surface area is 182 Å². The summed E-state index contributed by atoms with van der Waals surface area (Å²) in [5, 5.41) is 23.2. The third-order valence-electron chi connectivity index (χ3n) is 5.14. The third kappa shape index (κ3) is 4.15. The summed E-state index contributed by atoms with van der Waals surface area (Å²) < 4.78 is 5.28. The number of H-pyrrole nitrogens is 1. The number of para-hydroxylation sites is 2. The molecular formula is C22H20N4O4S. The van der Waals surface area contributed by atoms with Crippen LogP contribution in [0.15, 0.2) is 30.0 Å². The van der Waals surface area contributed by atoms with Crippen LogP contribution in [-0.2, 0) is 9.53 Å². The van der Waals surface area contributed by atoms with E-state index in [1.54, 1.807) is 19.1 Å². The van der Waals surface area contributed by atoms with E-state index in [0.29, 0.717) is 16.1 Å². The van der Waals surface area contributed by atoms with Crippen LogP contribution >= 0.6 is 11.3 Å². The monoisotopic (exact) mass is 436 g/mol. The van der Waals surface area contributed by atoms with Gasteiger partial charge in [0.05, 0.1) is 16.6 Å². The Morgan fingerprint density at radius 3 is 2.77 bits per heavy atom. The molecule has 1 aliphatic rings. The van der Waals surface area contributed by atoms with Gasteiger partial charge in [0.25, 0.3) is 0 Å². The normalized spacial score (nSPS) is 14.1. The van der Waals surface area contributed by atoms with Crippen LogP contribution in [0.3, 0.4) is 0 Å². The molecule has 1 amide bonds. The van der Waals surface area contributed by atoms with Gasteiger partial charge >= 0.3 is 5.97 Å². The highest BCUT2D eigenvalue weighted by molar-refractivity contribution is 7.16. The van der Waals surface area contributed by atoms with E-state index in [2.05, 4.69) is 15.3 Å². The van der Waals surface area contributed by atoms with Gasteiger partial charge in [0.15, 0.2) is 11.6 Å². The number of hydrogen-bond acceptors (Lipinski definition) is 7. The number of aromatic amines is 1. The van der Waals surface area contributed by atoms with Gasteiger partial charge in [-0.3, -0.25) is 4.79 Å². The number of aromatic nitrogens is 2. The number of nitrogens with zero attached hydrogens (tertiary/aromatic N) is 2. The van der Waals surface area contributed by atoms with Crippen molar-refractivity contribution in [3.05, 3.63) is 51.9 Å². The number of nitriles is 1. The highest BCUT2D eigenvalue weighted by Gasteiger charge is 2.32. The van der Waals surface area contributed by atoms with Crippen LogP contribution in [0.25, 0.3) is 16.6 Å². The molecule has 0 bridgehead atoms. The number of amides is 1. The summed E-state index contributed by atoms with van der Waals surface area (Å²) >= 11 is 1.31. The molecule has 0 spiro atoms. The van der Waals surface area contributed by atoms with Crippen molar-refractivity contribution in [1.29, 1.82) is 5.26 Å². The van der Waals surface area contributed by atoms with Gasteiger partial charge in [0, 0.05) is 10.8 Å². The Kier molecular flexibility index (Phi) is 5.48. The number of aryl methyl sites for hydroxylation is 1. The zero-order valence-electron chi connectivity index (χ0n) is 17.0. The maximum absolute atomic E-state index is 12.8. The molecule has 1 fully saturated rings. The fraction of sp³-hybridized carbons (Fsp3) is 0.273. The number of thiophene rings is 1. The van der Waals surface area contributed by atoms with Crippen LogP contribution in [0.5, 0.6) is 0 Å². The quantitative estimate of drug-likeness (QED) is 0.301. The van der Waals surface area contributed by atoms with Gasteiger partial charge < -0.3 is 20.1 Å². The van der Waals surface area contributed by atoms with Gasteiger partial charge in [-0.15, -0.1) is 11.3 Å². The smallest absolute Gasteiger partial charge is 0.341 e. The standard InChI is InChI=1S/C22H20N4O4S/c1-11-12(2)31-21(26-20(28)13-7-8-13)18(11)22(29)30-10-17(27)14(9-23)19-24-15-5-3-4-6-16(15)25-19/h3-6,13,27H,7-8,10H2,1-2H3,(H,24,25)(H,26,28)/b17-14-. The molecule has 1 aromatic carbocycles. The molecule has 1 saturated carbocycles. The van der Waals surface area contributed by atoms with Crippen molar-refractivity contribution in [2.24, 2.45) is 5.92 Å². The number of nitrogens with one attached hydrogen (secondary N) is 2. The summed E-state index contributed by atoms with van der Waals surface area (Å²) in [6, 6.07) is 9.13. The van der Waals surface area contributed by atoms with Crippen molar-refractivity contribution in [1.82, 2.24) is 9.97 Å². The first kappa shape index (κ1) is 20.6. The highest BCUT2D eigenvalue weighted by Crippen LogP contribution is 2.36. The van der Waals surface area contributed by atoms with E-state index in [4.69, 9.17) is 4.74 Å². The Morgan fingerprint density at radius 2 is 2.10 bits per heavy atom. The topological polar surface area (TPSA) is 128 Å². The van der Waals surface area contributed by atoms with E-state index in [1.165, 1.54) is 11.3 Å². The third-order valence-corrected chi connectivity index (χ3v) is 6.26. The van der Waals surface area contributed by atoms with Crippen LogP contribution < -0.4 is 5.32 Å². The minimum absolute atomic E-state index is 0.000515. The molecule has 9 heteroatoms. The molecule has 0 atom stereocenters. The molecule has 3 aromatic rings. The lowest BCUT2D eigenvalue weighted by Crippen LogP contribution is -2.16. The molecule has 0 saturated heterocycles. The molecule has 2 aromatic heterocycles. The van der Waals surface area contributed by atoms with Gasteiger partial charge in [0.1, 0.15) is 23.3 Å². The first-order valence-corrected chi connectivity index (χ1v) is 10.6. The van der Waals surface area contributed by atoms with E-state index in [-0.39, 0.29) is 28.8 Å². The lowest BCUT2D eigenvalue weighted by Gasteiger charge is -2.08. The molecule has 4 rings (SSSR count). The highest BCUT2D eigenvalue weighted by atomic mass is 32.1. The fourth-order valence-corrected chi connectivity index (χ4v) is 4.18. The molecule has 0 unspecified atom stereocenters. The minimum atomic E-state index is -0.679. The second-order valence-electron chi connectivity index (χ2n) is 7.36. The summed E-state index contributed by atoms with van der Waals surface area (Å²) in [5.41, 5.74) is 2.24. The van der Waals surface area contributed by atoms with Crippen LogP contribution in [0.4, 0.5) is 5.00 Å². The maximum atomic E-state index is 12.8. The number of rotatable bonds is 6. The number of allylic oxidation sites excluding steroid dienone is 1. The van der Waals surface area contributed by atoms with Gasteiger partial charge in [-0.05, 0) is 44.4 Å². The molecular weight excluding hydrogens is 416 g/mol. The summed E-state index contributed by atoms with van der Waals surface area (Å²) in [5.74, 6) is -1.00. The minimum Gasteiger partial charge on any atom is -0.507 e. The van der Waals surface area contributed by atoms with Crippen LogP contribution in [0, 0.1) is 31.1 Å². The largest absolute Gasteiger partial charge is 0.507 e. The molecule has 0 radical (unpaired) electrons. The number of benzene rings is 1. The first-order valence-electron chi connectivity index (χ1n) is 9.74. The number of anilines is 1. The van der Waals surface area contributed by atoms with Crippen molar-refractivity contribution < 1.29 is 19.4 Å². The number of aliphatic hydroxyl groups excluding tert-OH is 1. The molecule has 0 aliphatic heterocycles. The van der Waals surface area contributed by atoms with Crippen molar-refractivity contribution in [3.63, 3.8) is 0 Å². The fourth-order valence-electron chi connectivity index (χ4n) is 3.12. The Morgan fingerprint density at radius 1 is 1.35 bits per heavy atom. The Balaban J connectivity index is 1.53. The molecule has 31 heavy (non-hydrogen) atoms. The van der Waals surface area contributed by atoms with Crippen molar-refractivity contribution in [2.45, 2.75) is 26.7 Å². The first-order chi connectivity index (χ1) is 14.9. The molecule has 3 N–H and O–H groups in total. The maximum Gasteiger partial charge on any atom is 0.341 e. The van der Waals surface area contributed by atoms with Gasteiger partial charge in [-0.1, -0.05) is 12.1 Å². The van der Waals surface area contributed by atoms with E-state index in [0.717, 1.165) is 23.2 Å². The Bertz CT molecular complexity index is 1230. The van der Waals surface area contributed by atoms with Gasteiger partial charge in [-0.25, -0.2) is 9.78 Å². The van der Waals surface area contributed by atoms with Crippen molar-refractivity contribution >= 4 is 44.8 Å². The zero-order chi connectivity index (χ0) is 22.1. The van der Waals surface area contributed by atoms with Crippen LogP contribution in [-0.4, -0.2) is 33.6 Å². The summed E-state index contributed by atoms with van der Waals surface area (Å²) in [6.45, 7) is 3.14. The number of imidazole rings is 1. The number of aliphatic hydroxyl groups is 1. The number of ether oxygens (including phenoxy) is 1. The van der Waals surface area contributed by atoms with Gasteiger partial charge in [-0.2, -0.15) is 5.26 Å². The number of esters is 1. The summed E-state index contributed by atoms with van der Waals surface area (Å²) in [4.78, 5) is 33.0. The van der Waals surface area contributed by atoms with E-state index < -0.39 is 18.3 Å². The van der Waals surface area contributed by atoms with E-state index >= 15 is 0 Å². The SMILES string of the molecule is Cc1sc(NC(=O)C2CC2)c(C(=O)OC/C(O)=C(\C#N)c2nc3ccccc3[nH]2)c1C. The van der Waals surface area contributed by atoms with Crippen molar-refractivity contribution in [3.8, 4) is 6.07 Å². The van der Waals surface area contributed by atoms with Crippen LogP contribution in [0.1, 0.15) is 39.5 Å². The predicted octanol–water partition coefficient (Wildman–Crippen LogP) is 4.24. The van der Waals surface area contributed by atoms with Gasteiger partial charge in [0.2, 0.25) is 5.91 Å². The lowest BCUT2D eigenvalue weighted by atomic mass is 10.1. The number of carbonyl (C=O) groups excluding carboxylic acids is 2. The second-order valence-corrected chi connectivity index (χ2v) is 8.59. The second kappa shape index (κ2) is 8.24.